The Labute approximate surface area is 126 Å². The van der Waals surface area contributed by atoms with Gasteiger partial charge in [0.2, 0.25) is 0 Å². The van der Waals surface area contributed by atoms with Crippen LogP contribution in [0.5, 0.6) is 0 Å². The van der Waals surface area contributed by atoms with Crippen LogP contribution in [-0.2, 0) is 0 Å². The molecule has 1 fully saturated rings. The number of nitrogen functional groups attached to an aromatic ring is 1. The fourth-order valence-corrected chi connectivity index (χ4v) is 2.69. The number of aryl methyl sites for hydroxylation is 1. The molecule has 1 aromatic carbocycles. The summed E-state index contributed by atoms with van der Waals surface area (Å²) in [6.45, 7) is 2.05. The number of hydrogen-bond acceptors (Lipinski definition) is 5. The first-order chi connectivity index (χ1) is 9.64. The van der Waals surface area contributed by atoms with Crippen molar-refractivity contribution in [2.75, 3.05) is 10.7 Å². The van der Waals surface area contributed by atoms with Gasteiger partial charge in [-0.05, 0) is 43.5 Å². The summed E-state index contributed by atoms with van der Waals surface area (Å²) in [7, 11) is 0. The van der Waals surface area contributed by atoms with E-state index < -0.39 is 0 Å². The molecule has 1 saturated carbocycles. The van der Waals surface area contributed by atoms with Crippen LogP contribution in [-0.4, -0.2) is 9.97 Å². The maximum atomic E-state index is 5.47. The van der Waals surface area contributed by atoms with E-state index in [4.69, 9.17) is 5.84 Å². The van der Waals surface area contributed by atoms with E-state index in [0.717, 1.165) is 34.6 Å². The first-order valence-electron chi connectivity index (χ1n) is 6.54. The van der Waals surface area contributed by atoms with Gasteiger partial charge in [0.25, 0.3) is 0 Å². The Morgan fingerprint density at radius 1 is 1.15 bits per heavy atom. The molecule has 6 heteroatoms. The Bertz CT molecular complexity index is 619. The molecule has 0 saturated heterocycles. The summed E-state index contributed by atoms with van der Waals surface area (Å²) in [5.41, 5.74) is 4.76. The molecule has 0 radical (unpaired) electrons. The zero-order valence-corrected chi connectivity index (χ0v) is 12.7. The van der Waals surface area contributed by atoms with Crippen LogP contribution >= 0.6 is 15.9 Å². The lowest BCUT2D eigenvalue weighted by Crippen LogP contribution is -2.11. The standard InChI is InChI=1S/C14H16BrN5/c1-8-4-10(15)6-11(5-8)17-12-7-13(20-16)19-14(18-12)9-2-3-9/h4-7,9H,2-3,16H2,1H3,(H2,17,18,19,20). The zero-order valence-electron chi connectivity index (χ0n) is 11.2. The highest BCUT2D eigenvalue weighted by Gasteiger charge is 2.27. The molecular formula is C14H16BrN5. The van der Waals surface area contributed by atoms with E-state index in [1.165, 1.54) is 5.56 Å². The number of anilines is 3. The van der Waals surface area contributed by atoms with Crippen molar-refractivity contribution in [1.82, 2.24) is 9.97 Å². The predicted octanol–water partition coefficient (Wildman–Crippen LogP) is 3.45. The Morgan fingerprint density at radius 2 is 1.90 bits per heavy atom. The van der Waals surface area contributed by atoms with Gasteiger partial charge in [-0.25, -0.2) is 15.8 Å². The molecule has 4 N–H and O–H groups in total. The van der Waals surface area contributed by atoms with Gasteiger partial charge in [-0.2, -0.15) is 0 Å². The molecule has 0 bridgehead atoms. The van der Waals surface area contributed by atoms with Crippen LogP contribution in [0.25, 0.3) is 0 Å². The van der Waals surface area contributed by atoms with Gasteiger partial charge in [-0.1, -0.05) is 15.9 Å². The molecule has 2 aromatic rings. The molecule has 1 aliphatic carbocycles. The summed E-state index contributed by atoms with van der Waals surface area (Å²) in [6.07, 6.45) is 2.31. The number of nitrogens with two attached hydrogens (primary N) is 1. The summed E-state index contributed by atoms with van der Waals surface area (Å²) < 4.78 is 1.04. The highest BCUT2D eigenvalue weighted by molar-refractivity contribution is 9.10. The molecule has 0 spiro atoms. The number of rotatable bonds is 4. The summed E-state index contributed by atoms with van der Waals surface area (Å²) in [6, 6.07) is 7.95. The number of halogens is 1. The molecule has 20 heavy (non-hydrogen) atoms. The zero-order chi connectivity index (χ0) is 14.1. The van der Waals surface area contributed by atoms with Crippen LogP contribution in [0, 0.1) is 6.92 Å². The van der Waals surface area contributed by atoms with Crippen molar-refractivity contribution in [3.63, 3.8) is 0 Å². The molecule has 3 rings (SSSR count). The first-order valence-corrected chi connectivity index (χ1v) is 7.33. The van der Waals surface area contributed by atoms with E-state index in [1.54, 1.807) is 0 Å². The van der Waals surface area contributed by atoms with Gasteiger partial charge in [0, 0.05) is 22.1 Å². The van der Waals surface area contributed by atoms with Crippen LogP contribution in [0.3, 0.4) is 0 Å². The van der Waals surface area contributed by atoms with Gasteiger partial charge in [-0.3, -0.25) is 0 Å². The van der Waals surface area contributed by atoms with Crippen LogP contribution in [0.2, 0.25) is 0 Å². The smallest absolute Gasteiger partial charge is 0.145 e. The van der Waals surface area contributed by atoms with E-state index in [1.807, 2.05) is 12.1 Å². The average Bonchev–Trinajstić information content (AvgIpc) is 3.21. The minimum Gasteiger partial charge on any atom is -0.340 e. The van der Waals surface area contributed by atoms with E-state index >= 15 is 0 Å². The predicted molar refractivity (Wildman–Crippen MR) is 84.0 cm³/mol. The largest absolute Gasteiger partial charge is 0.340 e. The summed E-state index contributed by atoms with van der Waals surface area (Å²) >= 11 is 3.50. The lowest BCUT2D eigenvalue weighted by molar-refractivity contribution is 0.929. The second-order valence-corrected chi connectivity index (χ2v) is 5.97. The highest BCUT2D eigenvalue weighted by Crippen LogP contribution is 2.39. The minimum absolute atomic E-state index is 0.480. The Hall–Kier alpha value is -1.66. The van der Waals surface area contributed by atoms with E-state index in [2.05, 4.69) is 55.7 Å². The molecule has 0 aliphatic heterocycles. The van der Waals surface area contributed by atoms with E-state index in [-0.39, 0.29) is 0 Å². The first kappa shape index (κ1) is 13.3. The summed E-state index contributed by atoms with van der Waals surface area (Å²) in [5.74, 6) is 8.20. The fraction of sp³-hybridized carbons (Fsp3) is 0.286. The van der Waals surface area contributed by atoms with Gasteiger partial charge < -0.3 is 10.7 Å². The second-order valence-electron chi connectivity index (χ2n) is 5.06. The Kier molecular flexibility index (Phi) is 3.58. The lowest BCUT2D eigenvalue weighted by Gasteiger charge is -2.10. The maximum Gasteiger partial charge on any atom is 0.145 e. The van der Waals surface area contributed by atoms with E-state index in [0.29, 0.717) is 11.7 Å². The second kappa shape index (κ2) is 5.38. The van der Waals surface area contributed by atoms with Crippen LogP contribution in [0.1, 0.15) is 30.1 Å². The Morgan fingerprint density at radius 3 is 2.55 bits per heavy atom. The highest BCUT2D eigenvalue weighted by atomic mass is 79.9. The molecule has 1 heterocycles. The van der Waals surface area contributed by atoms with Crippen molar-refractivity contribution in [1.29, 1.82) is 0 Å². The van der Waals surface area contributed by atoms with Crippen molar-refractivity contribution in [3.05, 3.63) is 40.1 Å². The Balaban J connectivity index is 1.90. The fourth-order valence-electron chi connectivity index (χ4n) is 2.08. The quantitative estimate of drug-likeness (QED) is 0.590. The molecule has 1 aliphatic rings. The third kappa shape index (κ3) is 3.08. The minimum atomic E-state index is 0.480. The van der Waals surface area contributed by atoms with Gasteiger partial charge in [0.15, 0.2) is 0 Å². The molecular weight excluding hydrogens is 318 g/mol. The van der Waals surface area contributed by atoms with Crippen LogP contribution in [0.4, 0.5) is 17.3 Å². The number of nitrogens with zero attached hydrogens (tertiary/aromatic N) is 2. The molecule has 0 amide bonds. The third-order valence-electron chi connectivity index (χ3n) is 3.15. The average molecular weight is 334 g/mol. The number of hydrogen-bond donors (Lipinski definition) is 3. The monoisotopic (exact) mass is 333 g/mol. The van der Waals surface area contributed by atoms with Crippen molar-refractivity contribution in [2.45, 2.75) is 25.7 Å². The number of hydrazine groups is 1. The number of benzene rings is 1. The van der Waals surface area contributed by atoms with Crippen LogP contribution < -0.4 is 16.6 Å². The molecule has 1 aromatic heterocycles. The molecule has 0 unspecified atom stereocenters. The number of nitrogens with one attached hydrogen (secondary N) is 2. The normalized spacial score (nSPS) is 14.2. The van der Waals surface area contributed by atoms with Crippen molar-refractivity contribution < 1.29 is 0 Å². The van der Waals surface area contributed by atoms with Gasteiger partial charge in [0.05, 0.1) is 0 Å². The SMILES string of the molecule is Cc1cc(Br)cc(Nc2cc(NN)nc(C3CC3)n2)c1. The van der Waals surface area contributed by atoms with Gasteiger partial charge in [-0.15, -0.1) is 0 Å². The van der Waals surface area contributed by atoms with E-state index in [9.17, 15) is 0 Å². The van der Waals surface area contributed by atoms with Crippen molar-refractivity contribution in [2.24, 2.45) is 5.84 Å². The lowest BCUT2D eigenvalue weighted by atomic mass is 10.2. The third-order valence-corrected chi connectivity index (χ3v) is 3.61. The van der Waals surface area contributed by atoms with Crippen LogP contribution in [0.15, 0.2) is 28.7 Å². The summed E-state index contributed by atoms with van der Waals surface area (Å²) in [5, 5.41) is 3.31. The molecule has 5 nitrogen and oxygen atoms in total. The molecule has 104 valence electrons. The topological polar surface area (TPSA) is 75.9 Å². The van der Waals surface area contributed by atoms with Crippen molar-refractivity contribution >= 4 is 33.3 Å². The van der Waals surface area contributed by atoms with Gasteiger partial charge in [0.1, 0.15) is 17.5 Å². The maximum absolute atomic E-state index is 5.47. The van der Waals surface area contributed by atoms with Crippen molar-refractivity contribution in [3.8, 4) is 0 Å². The molecule has 0 atom stereocenters. The van der Waals surface area contributed by atoms with Gasteiger partial charge >= 0.3 is 0 Å². The number of aromatic nitrogens is 2. The summed E-state index contributed by atoms with van der Waals surface area (Å²) in [4.78, 5) is 8.96.